The lowest BCUT2D eigenvalue weighted by atomic mass is 10.2. The van der Waals surface area contributed by atoms with Crippen molar-refractivity contribution in [3.8, 4) is 0 Å². The number of sulfonamides is 1. The molecule has 0 unspecified atom stereocenters. The second kappa shape index (κ2) is 6.92. The van der Waals surface area contributed by atoms with Crippen LogP contribution in [0.15, 0.2) is 59.5 Å². The Morgan fingerprint density at radius 3 is 2.04 bits per heavy atom. The monoisotopic (exact) mass is 348 g/mol. The number of ether oxygens (including phenoxy) is 1. The van der Waals surface area contributed by atoms with Gasteiger partial charge in [-0.1, -0.05) is 18.2 Å². The number of amides is 1. The van der Waals surface area contributed by atoms with Gasteiger partial charge in [0.05, 0.1) is 4.90 Å². The van der Waals surface area contributed by atoms with Gasteiger partial charge >= 0.3 is 6.09 Å². The van der Waals surface area contributed by atoms with Crippen LogP contribution in [0.4, 0.5) is 16.2 Å². The van der Waals surface area contributed by atoms with Gasteiger partial charge in [-0.05, 0) is 57.2 Å². The molecule has 0 aliphatic carbocycles. The fourth-order valence-electron chi connectivity index (χ4n) is 1.86. The van der Waals surface area contributed by atoms with Crippen LogP contribution in [0.1, 0.15) is 20.8 Å². The predicted octanol–water partition coefficient (Wildman–Crippen LogP) is 3.83. The van der Waals surface area contributed by atoms with Crippen molar-refractivity contribution in [2.45, 2.75) is 31.3 Å². The normalized spacial score (nSPS) is 11.6. The Morgan fingerprint density at radius 2 is 1.50 bits per heavy atom. The molecule has 0 saturated carbocycles. The van der Waals surface area contributed by atoms with Crippen LogP contribution in [-0.2, 0) is 14.8 Å². The molecule has 1 amide bonds. The summed E-state index contributed by atoms with van der Waals surface area (Å²) in [5.41, 5.74) is 0.323. The molecule has 0 aromatic heterocycles. The number of carbonyl (C=O) groups is 1. The average Bonchev–Trinajstić information content (AvgIpc) is 2.46. The zero-order chi connectivity index (χ0) is 17.8. The SMILES string of the molecule is CC(C)(C)OC(=O)Nc1ccc(S(=O)(=O)Nc2ccccc2)cc1. The van der Waals surface area contributed by atoms with Crippen molar-refractivity contribution in [1.82, 2.24) is 0 Å². The third-order valence-electron chi connectivity index (χ3n) is 2.84. The van der Waals surface area contributed by atoms with Crippen LogP contribution in [-0.4, -0.2) is 20.1 Å². The van der Waals surface area contributed by atoms with E-state index in [2.05, 4.69) is 10.0 Å². The molecule has 0 atom stereocenters. The molecule has 0 spiro atoms. The molecule has 0 radical (unpaired) electrons. The Hall–Kier alpha value is -2.54. The molecule has 24 heavy (non-hydrogen) atoms. The molecule has 6 nitrogen and oxygen atoms in total. The first-order chi connectivity index (χ1) is 11.2. The number of hydrogen-bond acceptors (Lipinski definition) is 4. The van der Waals surface area contributed by atoms with E-state index in [-0.39, 0.29) is 4.90 Å². The average molecular weight is 348 g/mol. The van der Waals surface area contributed by atoms with E-state index in [1.165, 1.54) is 24.3 Å². The Morgan fingerprint density at radius 1 is 0.917 bits per heavy atom. The van der Waals surface area contributed by atoms with Crippen LogP contribution < -0.4 is 10.0 Å². The lowest BCUT2D eigenvalue weighted by Gasteiger charge is -2.19. The molecule has 7 heteroatoms. The molecule has 2 N–H and O–H groups in total. The van der Waals surface area contributed by atoms with Crippen LogP contribution in [0, 0.1) is 0 Å². The van der Waals surface area contributed by atoms with Gasteiger partial charge in [-0.2, -0.15) is 0 Å². The zero-order valence-electron chi connectivity index (χ0n) is 13.7. The van der Waals surface area contributed by atoms with Crippen molar-refractivity contribution < 1.29 is 17.9 Å². The summed E-state index contributed by atoms with van der Waals surface area (Å²) < 4.78 is 32.2. The largest absolute Gasteiger partial charge is 0.444 e. The van der Waals surface area contributed by atoms with Crippen molar-refractivity contribution in [3.05, 3.63) is 54.6 Å². The van der Waals surface area contributed by atoms with E-state index in [1.54, 1.807) is 51.1 Å². The number of para-hydroxylation sites is 1. The summed E-state index contributed by atoms with van der Waals surface area (Å²) in [4.78, 5) is 11.8. The summed E-state index contributed by atoms with van der Waals surface area (Å²) in [6, 6.07) is 14.4. The van der Waals surface area contributed by atoms with Gasteiger partial charge in [0.1, 0.15) is 5.60 Å². The number of rotatable bonds is 4. The van der Waals surface area contributed by atoms with Gasteiger partial charge in [0.25, 0.3) is 10.0 Å². The molecular formula is C17H20N2O4S. The van der Waals surface area contributed by atoms with Gasteiger partial charge in [0, 0.05) is 11.4 Å². The fourth-order valence-corrected chi connectivity index (χ4v) is 2.92. The topological polar surface area (TPSA) is 84.5 Å². The zero-order valence-corrected chi connectivity index (χ0v) is 14.6. The van der Waals surface area contributed by atoms with E-state index in [1.807, 2.05) is 0 Å². The van der Waals surface area contributed by atoms with Crippen LogP contribution in [0.2, 0.25) is 0 Å². The van der Waals surface area contributed by atoms with Crippen LogP contribution in [0.25, 0.3) is 0 Å². The van der Waals surface area contributed by atoms with Gasteiger partial charge in [0.15, 0.2) is 0 Å². The molecule has 0 aliphatic heterocycles. The molecule has 0 aliphatic rings. The minimum Gasteiger partial charge on any atom is -0.444 e. The molecule has 2 rings (SSSR count). The highest BCUT2D eigenvalue weighted by molar-refractivity contribution is 7.92. The smallest absolute Gasteiger partial charge is 0.412 e. The second-order valence-electron chi connectivity index (χ2n) is 6.12. The minimum absolute atomic E-state index is 0.0982. The fraction of sp³-hybridized carbons (Fsp3) is 0.235. The quantitative estimate of drug-likeness (QED) is 0.879. The highest BCUT2D eigenvalue weighted by Gasteiger charge is 2.17. The maximum Gasteiger partial charge on any atom is 0.412 e. The van der Waals surface area contributed by atoms with Crippen molar-refractivity contribution in [2.24, 2.45) is 0 Å². The molecule has 0 saturated heterocycles. The Balaban J connectivity index is 2.07. The Labute approximate surface area is 141 Å². The first-order valence-electron chi connectivity index (χ1n) is 7.34. The third kappa shape index (κ3) is 5.27. The highest BCUT2D eigenvalue weighted by Crippen LogP contribution is 2.18. The maximum atomic E-state index is 12.3. The Kier molecular flexibility index (Phi) is 5.14. The molecule has 2 aromatic carbocycles. The predicted molar refractivity (Wildman–Crippen MR) is 93.5 cm³/mol. The van der Waals surface area contributed by atoms with E-state index in [0.29, 0.717) is 11.4 Å². The van der Waals surface area contributed by atoms with Crippen LogP contribution in [0.5, 0.6) is 0 Å². The summed E-state index contributed by atoms with van der Waals surface area (Å²) >= 11 is 0. The van der Waals surface area contributed by atoms with Crippen LogP contribution >= 0.6 is 0 Å². The van der Waals surface area contributed by atoms with Crippen molar-refractivity contribution in [3.63, 3.8) is 0 Å². The Bertz CT molecular complexity index is 795. The van der Waals surface area contributed by atoms with Crippen LogP contribution in [0.3, 0.4) is 0 Å². The summed E-state index contributed by atoms with van der Waals surface area (Å²) in [5.74, 6) is 0. The van der Waals surface area contributed by atoms with E-state index in [0.717, 1.165) is 0 Å². The molecule has 128 valence electrons. The van der Waals surface area contributed by atoms with Crippen molar-refractivity contribution >= 4 is 27.5 Å². The van der Waals surface area contributed by atoms with Gasteiger partial charge in [-0.3, -0.25) is 10.0 Å². The van der Waals surface area contributed by atoms with E-state index in [4.69, 9.17) is 4.74 Å². The van der Waals surface area contributed by atoms with E-state index in [9.17, 15) is 13.2 Å². The van der Waals surface area contributed by atoms with Gasteiger partial charge in [-0.15, -0.1) is 0 Å². The lowest BCUT2D eigenvalue weighted by Crippen LogP contribution is -2.27. The summed E-state index contributed by atoms with van der Waals surface area (Å²) in [5, 5.41) is 2.55. The molecule has 2 aromatic rings. The lowest BCUT2D eigenvalue weighted by molar-refractivity contribution is 0.0636. The first kappa shape index (κ1) is 17.8. The molecule has 0 heterocycles. The molecule has 0 fully saturated rings. The third-order valence-corrected chi connectivity index (χ3v) is 4.23. The maximum absolute atomic E-state index is 12.3. The summed E-state index contributed by atoms with van der Waals surface area (Å²) in [6.45, 7) is 5.28. The standard InChI is InChI=1S/C17H20N2O4S/c1-17(2,3)23-16(20)18-13-9-11-15(12-10-13)24(21,22)19-14-7-5-4-6-8-14/h4-12,19H,1-3H3,(H,18,20). The van der Waals surface area contributed by atoms with Crippen molar-refractivity contribution in [2.75, 3.05) is 10.0 Å². The van der Waals surface area contributed by atoms with Gasteiger partial charge in [0.2, 0.25) is 0 Å². The molecule has 0 bridgehead atoms. The first-order valence-corrected chi connectivity index (χ1v) is 8.82. The second-order valence-corrected chi connectivity index (χ2v) is 7.81. The van der Waals surface area contributed by atoms with Gasteiger partial charge < -0.3 is 4.74 Å². The highest BCUT2D eigenvalue weighted by atomic mass is 32.2. The minimum atomic E-state index is -3.68. The number of carbonyl (C=O) groups excluding carboxylic acids is 1. The van der Waals surface area contributed by atoms with Crippen molar-refractivity contribution in [1.29, 1.82) is 0 Å². The number of anilines is 2. The summed E-state index contributed by atoms with van der Waals surface area (Å²) in [7, 11) is -3.68. The number of nitrogens with one attached hydrogen (secondary N) is 2. The molecular weight excluding hydrogens is 328 g/mol. The van der Waals surface area contributed by atoms with E-state index < -0.39 is 21.7 Å². The number of benzene rings is 2. The van der Waals surface area contributed by atoms with Gasteiger partial charge in [-0.25, -0.2) is 13.2 Å². The van der Waals surface area contributed by atoms with E-state index >= 15 is 0 Å². The summed E-state index contributed by atoms with van der Waals surface area (Å²) in [6.07, 6.45) is -0.597. The number of hydrogen-bond donors (Lipinski definition) is 2.